The summed E-state index contributed by atoms with van der Waals surface area (Å²) in [5.41, 5.74) is 2.33. The zero-order chi connectivity index (χ0) is 23.1. The second kappa shape index (κ2) is 11.3. The quantitative estimate of drug-likeness (QED) is 0.244. The molecular weight excluding hydrogens is 464 g/mol. The largest absolute Gasteiger partial charge is 0.454 e. The first kappa shape index (κ1) is 24.0. The van der Waals surface area contributed by atoms with Gasteiger partial charge in [-0.15, -0.1) is 34.9 Å². The van der Waals surface area contributed by atoms with Crippen molar-refractivity contribution in [3.63, 3.8) is 0 Å². The highest BCUT2D eigenvalue weighted by Gasteiger charge is 2.14. The van der Waals surface area contributed by atoms with E-state index in [9.17, 15) is 14.4 Å². The fraction of sp³-hybridized carbons (Fsp3) is 0.217. The van der Waals surface area contributed by atoms with Crippen LogP contribution in [0.2, 0.25) is 0 Å². The molecule has 0 fully saturated rings. The fourth-order valence-electron chi connectivity index (χ4n) is 2.79. The maximum absolute atomic E-state index is 12.5. The monoisotopic (exact) mass is 486 g/mol. The molecule has 0 atom stereocenters. The number of thiazole rings is 1. The van der Waals surface area contributed by atoms with E-state index in [1.54, 1.807) is 53.4 Å². The number of hydrogen-bond acceptors (Lipinski definition) is 8. The molecule has 0 saturated heterocycles. The number of carbonyl (C=O) groups excluding carboxylic acids is 3. The highest BCUT2D eigenvalue weighted by atomic mass is 32.2. The molecule has 166 valence electrons. The van der Waals surface area contributed by atoms with Gasteiger partial charge >= 0.3 is 5.97 Å². The van der Waals surface area contributed by atoms with Gasteiger partial charge in [0.05, 0.1) is 22.0 Å². The molecule has 3 aromatic rings. The van der Waals surface area contributed by atoms with Gasteiger partial charge in [0.25, 0.3) is 0 Å². The van der Waals surface area contributed by atoms with Gasteiger partial charge in [0.2, 0.25) is 5.91 Å². The summed E-state index contributed by atoms with van der Waals surface area (Å²) in [4.78, 5) is 42.5. The summed E-state index contributed by atoms with van der Waals surface area (Å²) in [5, 5.41) is 5.79. The van der Waals surface area contributed by atoms with Crippen molar-refractivity contribution < 1.29 is 19.1 Å². The molecule has 0 aliphatic rings. The number of nitrogens with one attached hydrogen (secondary N) is 1. The Bertz CT molecular complexity index is 1130. The van der Waals surface area contributed by atoms with E-state index >= 15 is 0 Å². The lowest BCUT2D eigenvalue weighted by molar-refractivity contribution is -0.114. The molecule has 32 heavy (non-hydrogen) atoms. The zero-order valence-electron chi connectivity index (χ0n) is 17.8. The number of aromatic nitrogens is 1. The topological polar surface area (TPSA) is 85.4 Å². The van der Waals surface area contributed by atoms with Gasteiger partial charge in [-0.25, -0.2) is 9.78 Å². The number of ketones is 1. The molecule has 1 amide bonds. The summed E-state index contributed by atoms with van der Waals surface area (Å²) in [6.07, 6.45) is 1.88. The van der Waals surface area contributed by atoms with Crippen molar-refractivity contribution in [2.75, 3.05) is 18.2 Å². The second-order valence-electron chi connectivity index (χ2n) is 6.77. The first-order chi connectivity index (χ1) is 15.4. The van der Waals surface area contributed by atoms with E-state index in [1.165, 1.54) is 18.7 Å². The minimum Gasteiger partial charge on any atom is -0.454 e. The minimum atomic E-state index is -0.562. The molecule has 1 aromatic heterocycles. The number of amides is 1. The number of benzene rings is 2. The van der Waals surface area contributed by atoms with Crippen LogP contribution in [0.3, 0.4) is 0 Å². The van der Waals surface area contributed by atoms with E-state index in [0.29, 0.717) is 16.8 Å². The number of anilines is 1. The molecule has 2 aromatic carbocycles. The molecule has 0 saturated carbocycles. The molecule has 0 bridgehead atoms. The molecule has 0 spiro atoms. The molecule has 1 N–H and O–H groups in total. The minimum absolute atomic E-state index is 0.223. The summed E-state index contributed by atoms with van der Waals surface area (Å²) in [5.74, 6) is -0.367. The lowest BCUT2D eigenvalue weighted by Crippen LogP contribution is -2.15. The maximum Gasteiger partial charge on any atom is 0.338 e. The number of hydrogen-bond donors (Lipinski definition) is 1. The van der Waals surface area contributed by atoms with Crippen LogP contribution < -0.4 is 5.32 Å². The standard InChI is InChI=1S/C23H22N2O4S3/c1-14(26)24-20-10-17(6-9-22(20)30-3)21(27)11-29-23(28)16-4-7-19(8-5-16)32-13-18-12-31-15(2)25-18/h4-10,12H,11,13H2,1-3H3,(H,24,26). The number of aryl methyl sites for hydroxylation is 1. The van der Waals surface area contributed by atoms with Gasteiger partial charge in [-0.2, -0.15) is 0 Å². The van der Waals surface area contributed by atoms with Crippen molar-refractivity contribution in [3.8, 4) is 0 Å². The molecule has 9 heteroatoms. The Labute approximate surface area is 199 Å². The number of ether oxygens (including phenoxy) is 1. The van der Waals surface area contributed by atoms with Crippen LogP contribution in [-0.4, -0.2) is 35.5 Å². The van der Waals surface area contributed by atoms with Crippen molar-refractivity contribution in [1.29, 1.82) is 0 Å². The van der Waals surface area contributed by atoms with Gasteiger partial charge in [-0.05, 0) is 49.6 Å². The fourth-order valence-corrected chi connectivity index (χ4v) is 4.83. The van der Waals surface area contributed by atoms with E-state index in [-0.39, 0.29) is 18.3 Å². The first-order valence-corrected chi connectivity index (χ1v) is 12.7. The number of nitrogens with zero attached hydrogens (tertiary/aromatic N) is 1. The van der Waals surface area contributed by atoms with Gasteiger partial charge in [0.15, 0.2) is 12.4 Å². The van der Waals surface area contributed by atoms with Gasteiger partial charge in [0, 0.05) is 33.4 Å². The molecule has 0 aliphatic carbocycles. The lowest BCUT2D eigenvalue weighted by Gasteiger charge is -2.10. The predicted octanol–water partition coefficient (Wildman–Crippen LogP) is 5.46. The Hall–Kier alpha value is -2.62. The average molecular weight is 487 g/mol. The Kier molecular flexibility index (Phi) is 8.49. The molecule has 6 nitrogen and oxygen atoms in total. The van der Waals surface area contributed by atoms with Crippen LogP contribution >= 0.6 is 34.9 Å². The van der Waals surface area contributed by atoms with Crippen molar-refractivity contribution in [3.05, 3.63) is 69.7 Å². The van der Waals surface area contributed by atoms with Crippen LogP contribution in [-0.2, 0) is 15.3 Å². The SMILES string of the molecule is CSc1ccc(C(=O)COC(=O)c2ccc(SCc3csc(C)n3)cc2)cc1NC(C)=O. The van der Waals surface area contributed by atoms with E-state index in [0.717, 1.165) is 26.2 Å². The Morgan fingerprint density at radius 3 is 2.44 bits per heavy atom. The summed E-state index contributed by atoms with van der Waals surface area (Å²) in [7, 11) is 0. The van der Waals surface area contributed by atoms with Crippen molar-refractivity contribution in [1.82, 2.24) is 4.98 Å². The zero-order valence-corrected chi connectivity index (χ0v) is 20.3. The number of esters is 1. The number of Topliss-reactive ketones (excluding diaryl/α,β-unsaturated/α-hetero) is 1. The summed E-state index contributed by atoms with van der Waals surface area (Å²) < 4.78 is 5.20. The van der Waals surface area contributed by atoms with Gasteiger partial charge < -0.3 is 10.1 Å². The second-order valence-corrected chi connectivity index (χ2v) is 9.73. The van der Waals surface area contributed by atoms with Gasteiger partial charge in [0.1, 0.15) is 0 Å². The Morgan fingerprint density at radius 1 is 1.09 bits per heavy atom. The molecule has 0 aliphatic heterocycles. The van der Waals surface area contributed by atoms with Crippen LogP contribution in [0.25, 0.3) is 0 Å². The highest BCUT2D eigenvalue weighted by Crippen LogP contribution is 2.27. The van der Waals surface area contributed by atoms with E-state index in [1.807, 2.05) is 30.7 Å². The molecular formula is C23H22N2O4S3. The van der Waals surface area contributed by atoms with Crippen molar-refractivity contribution in [2.24, 2.45) is 0 Å². The first-order valence-electron chi connectivity index (χ1n) is 9.65. The van der Waals surface area contributed by atoms with Gasteiger partial charge in [-0.3, -0.25) is 9.59 Å². The van der Waals surface area contributed by atoms with Crippen LogP contribution in [0, 0.1) is 6.92 Å². The lowest BCUT2D eigenvalue weighted by atomic mass is 10.1. The van der Waals surface area contributed by atoms with Crippen LogP contribution in [0.5, 0.6) is 0 Å². The van der Waals surface area contributed by atoms with Crippen molar-refractivity contribution >= 4 is 58.2 Å². The number of thioether (sulfide) groups is 2. The summed E-state index contributed by atoms with van der Waals surface area (Å²) >= 11 is 4.72. The molecule has 0 unspecified atom stereocenters. The number of rotatable bonds is 9. The van der Waals surface area contributed by atoms with Crippen LogP contribution in [0.15, 0.2) is 57.6 Å². The third kappa shape index (κ3) is 6.69. The molecule has 0 radical (unpaired) electrons. The van der Waals surface area contributed by atoms with E-state index in [4.69, 9.17) is 4.74 Å². The Morgan fingerprint density at radius 2 is 1.81 bits per heavy atom. The maximum atomic E-state index is 12.5. The van der Waals surface area contributed by atoms with Gasteiger partial charge in [-0.1, -0.05) is 6.07 Å². The smallest absolute Gasteiger partial charge is 0.338 e. The highest BCUT2D eigenvalue weighted by molar-refractivity contribution is 7.98. The third-order valence-corrected chi connectivity index (χ3v) is 6.97. The van der Waals surface area contributed by atoms with Crippen molar-refractivity contribution in [2.45, 2.75) is 29.4 Å². The Balaban J connectivity index is 1.55. The van der Waals surface area contributed by atoms with E-state index in [2.05, 4.69) is 10.3 Å². The molecule has 1 heterocycles. The summed E-state index contributed by atoms with van der Waals surface area (Å²) in [6, 6.07) is 12.1. The van der Waals surface area contributed by atoms with Crippen LogP contribution in [0.1, 0.15) is 38.3 Å². The average Bonchev–Trinajstić information content (AvgIpc) is 3.20. The number of carbonyl (C=O) groups is 3. The summed E-state index contributed by atoms with van der Waals surface area (Å²) in [6.45, 7) is 3.01. The normalized spacial score (nSPS) is 10.6. The third-order valence-electron chi connectivity index (χ3n) is 4.31. The predicted molar refractivity (Wildman–Crippen MR) is 130 cm³/mol. The molecule has 3 rings (SSSR count). The van der Waals surface area contributed by atoms with E-state index < -0.39 is 5.97 Å². The van der Waals surface area contributed by atoms with Crippen LogP contribution in [0.4, 0.5) is 5.69 Å².